The third kappa shape index (κ3) is 2.51. The van der Waals surface area contributed by atoms with Gasteiger partial charge in [0.2, 0.25) is 0 Å². The van der Waals surface area contributed by atoms with Crippen molar-refractivity contribution in [2.45, 2.75) is 18.4 Å². The minimum absolute atomic E-state index is 1.11. The number of aliphatic hydroxyl groups is 3. The number of halogens is 3. The van der Waals surface area contributed by atoms with Gasteiger partial charge in [-0.2, -0.15) is 13.2 Å². The van der Waals surface area contributed by atoms with Gasteiger partial charge in [-0.05, 0) is 0 Å². The molecule has 0 rings (SSSR count). The summed E-state index contributed by atoms with van der Waals surface area (Å²) in [5, 5.41) is 24.3. The normalized spacial score (nSPS) is 18.6. The zero-order valence-corrected chi connectivity index (χ0v) is 4.84. The standard InChI is InChI=1S/C4H7F3O3/c5-4(6,7)3(10)2(9)1-8/h2-3,8-10H,1H2/t2-,3-/m1/s1. The molecule has 0 aromatic rings. The van der Waals surface area contributed by atoms with Gasteiger partial charge >= 0.3 is 6.18 Å². The highest BCUT2D eigenvalue weighted by molar-refractivity contribution is 4.72. The van der Waals surface area contributed by atoms with Crippen molar-refractivity contribution in [1.29, 1.82) is 0 Å². The monoisotopic (exact) mass is 160 g/mol. The first-order chi connectivity index (χ1) is 4.39. The maximum atomic E-state index is 11.4. The van der Waals surface area contributed by atoms with Crippen molar-refractivity contribution in [2.24, 2.45) is 0 Å². The van der Waals surface area contributed by atoms with Crippen LogP contribution in [0.1, 0.15) is 0 Å². The molecule has 0 aromatic carbocycles. The molecule has 62 valence electrons. The first kappa shape index (κ1) is 9.67. The smallest absolute Gasteiger partial charge is 0.394 e. The molecule has 3 nitrogen and oxygen atoms in total. The molecule has 0 spiro atoms. The van der Waals surface area contributed by atoms with Crippen molar-refractivity contribution in [1.82, 2.24) is 0 Å². The average Bonchev–Trinajstić information content (AvgIpc) is 1.83. The first-order valence-corrected chi connectivity index (χ1v) is 2.43. The van der Waals surface area contributed by atoms with Gasteiger partial charge in [0.15, 0.2) is 6.10 Å². The van der Waals surface area contributed by atoms with Crippen molar-refractivity contribution >= 4 is 0 Å². The second-order valence-electron chi connectivity index (χ2n) is 1.74. The van der Waals surface area contributed by atoms with Crippen LogP contribution in [0.15, 0.2) is 0 Å². The summed E-state index contributed by atoms with van der Waals surface area (Å²) in [6, 6.07) is 0. The Bertz CT molecular complexity index is 102. The fourth-order valence-electron chi connectivity index (χ4n) is 0.318. The third-order valence-corrected chi connectivity index (χ3v) is 0.887. The van der Waals surface area contributed by atoms with Crippen LogP contribution in [-0.2, 0) is 0 Å². The van der Waals surface area contributed by atoms with E-state index in [1.807, 2.05) is 0 Å². The van der Waals surface area contributed by atoms with E-state index in [1.165, 1.54) is 0 Å². The molecule has 0 radical (unpaired) electrons. The lowest BCUT2D eigenvalue weighted by Crippen LogP contribution is -2.41. The van der Waals surface area contributed by atoms with Gasteiger partial charge in [0, 0.05) is 0 Å². The Hall–Kier alpha value is -0.330. The number of hydrogen-bond donors (Lipinski definition) is 3. The molecule has 0 bridgehead atoms. The second-order valence-corrected chi connectivity index (χ2v) is 1.74. The van der Waals surface area contributed by atoms with Crippen LogP contribution in [-0.4, -0.2) is 40.3 Å². The molecular weight excluding hydrogens is 153 g/mol. The topological polar surface area (TPSA) is 60.7 Å². The predicted octanol–water partition coefficient (Wildman–Crippen LogP) is -0.737. The van der Waals surface area contributed by atoms with Gasteiger partial charge in [0.25, 0.3) is 0 Å². The van der Waals surface area contributed by atoms with E-state index in [4.69, 9.17) is 15.3 Å². The van der Waals surface area contributed by atoms with Gasteiger partial charge in [-0.25, -0.2) is 0 Å². The van der Waals surface area contributed by atoms with Crippen LogP contribution in [0.2, 0.25) is 0 Å². The largest absolute Gasteiger partial charge is 0.416 e. The molecule has 6 heteroatoms. The van der Waals surface area contributed by atoms with Crippen LogP contribution in [0.3, 0.4) is 0 Å². The highest BCUT2D eigenvalue weighted by atomic mass is 19.4. The quantitative estimate of drug-likeness (QED) is 0.498. The van der Waals surface area contributed by atoms with Crippen molar-refractivity contribution in [3.8, 4) is 0 Å². The Morgan fingerprint density at radius 3 is 1.70 bits per heavy atom. The Kier molecular flexibility index (Phi) is 3.07. The van der Waals surface area contributed by atoms with Gasteiger partial charge in [-0.3, -0.25) is 0 Å². The molecule has 0 unspecified atom stereocenters. The molecule has 0 fully saturated rings. The van der Waals surface area contributed by atoms with Gasteiger partial charge in [0.05, 0.1) is 6.61 Å². The van der Waals surface area contributed by atoms with Crippen LogP contribution >= 0.6 is 0 Å². The summed E-state index contributed by atoms with van der Waals surface area (Å²) in [7, 11) is 0. The van der Waals surface area contributed by atoms with Crippen LogP contribution in [0, 0.1) is 0 Å². The summed E-state index contributed by atoms with van der Waals surface area (Å²) in [6.07, 6.45) is -9.89. The number of rotatable bonds is 2. The molecule has 0 saturated carbocycles. The number of aliphatic hydroxyl groups excluding tert-OH is 3. The zero-order chi connectivity index (χ0) is 8.36. The van der Waals surface area contributed by atoms with Crippen LogP contribution < -0.4 is 0 Å². The highest BCUT2D eigenvalue weighted by Crippen LogP contribution is 2.21. The van der Waals surface area contributed by atoms with Crippen LogP contribution in [0.25, 0.3) is 0 Å². The lowest BCUT2D eigenvalue weighted by Gasteiger charge is -2.17. The van der Waals surface area contributed by atoms with Gasteiger partial charge in [-0.15, -0.1) is 0 Å². The molecule has 0 aromatic heterocycles. The predicted molar refractivity (Wildman–Crippen MR) is 25.2 cm³/mol. The molecule has 0 heterocycles. The summed E-state index contributed by atoms with van der Waals surface area (Å²) in [4.78, 5) is 0. The van der Waals surface area contributed by atoms with Crippen molar-refractivity contribution < 1.29 is 28.5 Å². The Labute approximate surface area is 54.7 Å². The number of hydrogen-bond acceptors (Lipinski definition) is 3. The van der Waals surface area contributed by atoms with E-state index in [-0.39, 0.29) is 0 Å². The van der Waals surface area contributed by atoms with Crippen LogP contribution in [0.5, 0.6) is 0 Å². The molecule has 3 N–H and O–H groups in total. The first-order valence-electron chi connectivity index (χ1n) is 2.43. The second kappa shape index (κ2) is 3.18. The molecule has 2 atom stereocenters. The van der Waals surface area contributed by atoms with E-state index in [2.05, 4.69) is 0 Å². The fourth-order valence-corrected chi connectivity index (χ4v) is 0.318. The lowest BCUT2D eigenvalue weighted by molar-refractivity contribution is -0.233. The minimum Gasteiger partial charge on any atom is -0.394 e. The molecule has 0 aliphatic heterocycles. The molecular formula is C4H7F3O3. The highest BCUT2D eigenvalue weighted by Gasteiger charge is 2.42. The van der Waals surface area contributed by atoms with Gasteiger partial charge in [-0.1, -0.05) is 0 Å². The lowest BCUT2D eigenvalue weighted by atomic mass is 10.2. The Morgan fingerprint density at radius 1 is 1.20 bits per heavy atom. The SMILES string of the molecule is OC[C@@H](O)[C@@H](O)C(F)(F)F. The molecule has 0 amide bonds. The fraction of sp³-hybridized carbons (Fsp3) is 1.00. The maximum absolute atomic E-state index is 11.4. The van der Waals surface area contributed by atoms with Gasteiger partial charge in [0.1, 0.15) is 6.10 Å². The molecule has 10 heavy (non-hydrogen) atoms. The van der Waals surface area contributed by atoms with E-state index in [9.17, 15) is 13.2 Å². The molecule has 0 aliphatic carbocycles. The Morgan fingerprint density at radius 2 is 1.60 bits per heavy atom. The summed E-state index contributed by atoms with van der Waals surface area (Å²) in [6.45, 7) is -1.11. The van der Waals surface area contributed by atoms with E-state index >= 15 is 0 Å². The van der Waals surface area contributed by atoms with Crippen LogP contribution in [0.4, 0.5) is 13.2 Å². The zero-order valence-electron chi connectivity index (χ0n) is 4.84. The van der Waals surface area contributed by atoms with Gasteiger partial charge < -0.3 is 15.3 Å². The van der Waals surface area contributed by atoms with Crippen molar-refractivity contribution in [3.05, 3.63) is 0 Å². The van der Waals surface area contributed by atoms with E-state index in [0.29, 0.717) is 0 Å². The van der Waals surface area contributed by atoms with E-state index in [0.717, 1.165) is 0 Å². The van der Waals surface area contributed by atoms with E-state index < -0.39 is 25.0 Å². The summed E-state index contributed by atoms with van der Waals surface area (Å²) < 4.78 is 34.1. The summed E-state index contributed by atoms with van der Waals surface area (Å²) in [5.74, 6) is 0. The minimum atomic E-state index is -4.87. The molecule has 0 aliphatic rings. The van der Waals surface area contributed by atoms with E-state index in [1.54, 1.807) is 0 Å². The maximum Gasteiger partial charge on any atom is 0.416 e. The van der Waals surface area contributed by atoms with Crippen molar-refractivity contribution in [2.75, 3.05) is 6.61 Å². The summed E-state index contributed by atoms with van der Waals surface area (Å²) in [5.41, 5.74) is 0. The number of alkyl halides is 3. The van der Waals surface area contributed by atoms with Crippen molar-refractivity contribution in [3.63, 3.8) is 0 Å². The third-order valence-electron chi connectivity index (χ3n) is 0.887. The summed E-state index contributed by atoms with van der Waals surface area (Å²) >= 11 is 0. The average molecular weight is 160 g/mol. The Balaban J connectivity index is 3.94. The molecule has 0 saturated heterocycles.